The van der Waals surface area contributed by atoms with Gasteiger partial charge >= 0.3 is 6.01 Å². The Kier molecular flexibility index (Phi) is 2.68. The van der Waals surface area contributed by atoms with Gasteiger partial charge in [-0.05, 0) is 19.1 Å². The molecule has 16 heavy (non-hydrogen) atoms. The molecule has 5 nitrogen and oxygen atoms in total. The fourth-order valence-corrected chi connectivity index (χ4v) is 1.39. The van der Waals surface area contributed by atoms with E-state index in [1.54, 1.807) is 25.1 Å². The van der Waals surface area contributed by atoms with E-state index in [0.717, 1.165) is 0 Å². The summed E-state index contributed by atoms with van der Waals surface area (Å²) < 4.78 is 4.87. The standard InChI is InChI=1S/C11H11N3O2/c1-7-10(13-14-11(12-7)16-2)8-5-3-4-6-9(8)15/h3-6,15H,1-2H3. The van der Waals surface area contributed by atoms with Crippen molar-refractivity contribution in [2.24, 2.45) is 0 Å². The molecule has 0 aliphatic carbocycles. The van der Waals surface area contributed by atoms with Crippen LogP contribution in [0.2, 0.25) is 0 Å². The number of hydrogen-bond acceptors (Lipinski definition) is 5. The summed E-state index contributed by atoms with van der Waals surface area (Å²) in [5, 5.41) is 17.5. The number of rotatable bonds is 2. The van der Waals surface area contributed by atoms with Crippen molar-refractivity contribution in [3.8, 4) is 23.0 Å². The third kappa shape index (κ3) is 1.79. The van der Waals surface area contributed by atoms with E-state index in [-0.39, 0.29) is 11.8 Å². The van der Waals surface area contributed by atoms with Gasteiger partial charge in [-0.15, -0.1) is 5.10 Å². The zero-order valence-corrected chi connectivity index (χ0v) is 9.01. The predicted molar refractivity (Wildman–Crippen MR) is 58.2 cm³/mol. The fourth-order valence-electron chi connectivity index (χ4n) is 1.39. The van der Waals surface area contributed by atoms with Crippen molar-refractivity contribution in [3.63, 3.8) is 0 Å². The molecule has 0 aliphatic rings. The van der Waals surface area contributed by atoms with Crippen molar-refractivity contribution in [1.82, 2.24) is 15.2 Å². The number of aryl methyl sites for hydroxylation is 1. The van der Waals surface area contributed by atoms with Gasteiger partial charge in [0.25, 0.3) is 0 Å². The van der Waals surface area contributed by atoms with Crippen LogP contribution in [0.4, 0.5) is 0 Å². The number of methoxy groups -OCH3 is 1. The molecule has 0 saturated carbocycles. The van der Waals surface area contributed by atoms with E-state index >= 15 is 0 Å². The first kappa shape index (κ1) is 10.4. The monoisotopic (exact) mass is 217 g/mol. The van der Waals surface area contributed by atoms with Crippen molar-refractivity contribution in [3.05, 3.63) is 30.0 Å². The number of aromatic hydroxyl groups is 1. The molecule has 0 fully saturated rings. The number of benzene rings is 1. The normalized spacial score (nSPS) is 10.1. The first-order valence-corrected chi connectivity index (χ1v) is 4.76. The molecular weight excluding hydrogens is 206 g/mol. The highest BCUT2D eigenvalue weighted by atomic mass is 16.5. The highest BCUT2D eigenvalue weighted by Gasteiger charge is 2.10. The van der Waals surface area contributed by atoms with Gasteiger partial charge in [-0.1, -0.05) is 17.2 Å². The summed E-state index contributed by atoms with van der Waals surface area (Å²) in [7, 11) is 1.48. The largest absolute Gasteiger partial charge is 0.507 e. The summed E-state index contributed by atoms with van der Waals surface area (Å²) in [5.41, 5.74) is 1.83. The maximum absolute atomic E-state index is 9.69. The Labute approximate surface area is 92.8 Å². The zero-order valence-electron chi connectivity index (χ0n) is 9.01. The molecule has 0 unspecified atom stereocenters. The molecule has 2 rings (SSSR count). The minimum atomic E-state index is 0.159. The minimum absolute atomic E-state index is 0.159. The van der Waals surface area contributed by atoms with Crippen molar-refractivity contribution in [1.29, 1.82) is 0 Å². The quantitative estimate of drug-likeness (QED) is 0.826. The Bertz CT molecular complexity index is 514. The van der Waals surface area contributed by atoms with Crippen LogP contribution in [0, 0.1) is 6.92 Å². The molecule has 5 heteroatoms. The molecule has 0 amide bonds. The predicted octanol–water partition coefficient (Wildman–Crippen LogP) is 1.56. The molecule has 0 spiro atoms. The molecule has 0 atom stereocenters. The van der Waals surface area contributed by atoms with Crippen LogP contribution < -0.4 is 4.74 Å². The van der Waals surface area contributed by atoms with Gasteiger partial charge in [0, 0.05) is 5.56 Å². The number of hydrogen-bond donors (Lipinski definition) is 1. The van der Waals surface area contributed by atoms with Gasteiger partial charge in [-0.2, -0.15) is 4.98 Å². The molecule has 82 valence electrons. The lowest BCUT2D eigenvalue weighted by molar-refractivity contribution is 0.372. The van der Waals surface area contributed by atoms with E-state index in [0.29, 0.717) is 17.0 Å². The fraction of sp³-hybridized carbons (Fsp3) is 0.182. The highest BCUT2D eigenvalue weighted by molar-refractivity contribution is 5.67. The van der Waals surface area contributed by atoms with E-state index in [2.05, 4.69) is 15.2 Å². The second-order valence-corrected chi connectivity index (χ2v) is 3.25. The third-order valence-corrected chi connectivity index (χ3v) is 2.18. The van der Waals surface area contributed by atoms with Crippen LogP contribution in [0.25, 0.3) is 11.3 Å². The average molecular weight is 217 g/mol. The zero-order chi connectivity index (χ0) is 11.5. The lowest BCUT2D eigenvalue weighted by atomic mass is 10.1. The van der Waals surface area contributed by atoms with Crippen LogP contribution in [0.1, 0.15) is 5.69 Å². The molecule has 0 bridgehead atoms. The smallest absolute Gasteiger partial charge is 0.335 e. The summed E-state index contributed by atoms with van der Waals surface area (Å²) in [4.78, 5) is 4.10. The molecule has 0 radical (unpaired) electrons. The first-order chi connectivity index (χ1) is 7.72. The Morgan fingerprint density at radius 2 is 1.94 bits per heavy atom. The van der Waals surface area contributed by atoms with Crippen LogP contribution in [-0.4, -0.2) is 27.4 Å². The highest BCUT2D eigenvalue weighted by Crippen LogP contribution is 2.28. The van der Waals surface area contributed by atoms with E-state index < -0.39 is 0 Å². The van der Waals surface area contributed by atoms with E-state index in [4.69, 9.17) is 4.74 Å². The van der Waals surface area contributed by atoms with Gasteiger partial charge in [0.05, 0.1) is 12.8 Å². The molecule has 1 aromatic carbocycles. The number of para-hydroxylation sites is 1. The minimum Gasteiger partial charge on any atom is -0.507 e. The number of phenolic OH excluding ortho intramolecular Hbond substituents is 1. The van der Waals surface area contributed by atoms with Crippen molar-refractivity contribution in [2.45, 2.75) is 6.92 Å². The summed E-state index contributed by atoms with van der Waals surface area (Å²) in [6.45, 7) is 1.79. The van der Waals surface area contributed by atoms with Gasteiger partial charge in [-0.3, -0.25) is 0 Å². The SMILES string of the molecule is COc1nnc(-c2ccccc2O)c(C)n1. The van der Waals surface area contributed by atoms with Gasteiger partial charge in [-0.25, -0.2) is 0 Å². The van der Waals surface area contributed by atoms with Crippen LogP contribution in [0.5, 0.6) is 11.8 Å². The van der Waals surface area contributed by atoms with Crippen molar-refractivity contribution < 1.29 is 9.84 Å². The maximum Gasteiger partial charge on any atom is 0.335 e. The van der Waals surface area contributed by atoms with Crippen LogP contribution in [0.3, 0.4) is 0 Å². The van der Waals surface area contributed by atoms with Gasteiger partial charge in [0.15, 0.2) is 0 Å². The molecule has 1 heterocycles. The summed E-state index contributed by atoms with van der Waals surface area (Å²) >= 11 is 0. The Hall–Kier alpha value is -2.17. The average Bonchev–Trinajstić information content (AvgIpc) is 2.30. The first-order valence-electron chi connectivity index (χ1n) is 4.76. The van der Waals surface area contributed by atoms with Crippen LogP contribution in [0.15, 0.2) is 24.3 Å². The van der Waals surface area contributed by atoms with Crippen LogP contribution >= 0.6 is 0 Å². The van der Waals surface area contributed by atoms with Crippen LogP contribution in [-0.2, 0) is 0 Å². The van der Waals surface area contributed by atoms with Gasteiger partial charge in [0.2, 0.25) is 0 Å². The van der Waals surface area contributed by atoms with Crippen molar-refractivity contribution in [2.75, 3.05) is 7.11 Å². The summed E-state index contributed by atoms with van der Waals surface area (Å²) in [6.07, 6.45) is 0. The molecular formula is C11H11N3O2. The Balaban J connectivity index is 2.53. The molecule has 1 aromatic heterocycles. The van der Waals surface area contributed by atoms with Gasteiger partial charge < -0.3 is 9.84 Å². The van der Waals surface area contributed by atoms with E-state index in [9.17, 15) is 5.11 Å². The summed E-state index contributed by atoms with van der Waals surface area (Å²) in [5.74, 6) is 0.159. The number of aromatic nitrogens is 3. The van der Waals surface area contributed by atoms with Gasteiger partial charge in [0.1, 0.15) is 11.4 Å². The van der Waals surface area contributed by atoms with E-state index in [1.807, 2.05) is 6.07 Å². The number of nitrogens with zero attached hydrogens (tertiary/aromatic N) is 3. The Morgan fingerprint density at radius 1 is 1.19 bits per heavy atom. The third-order valence-electron chi connectivity index (χ3n) is 2.18. The summed E-state index contributed by atoms with van der Waals surface area (Å²) in [6, 6.07) is 7.15. The maximum atomic E-state index is 9.69. The second-order valence-electron chi connectivity index (χ2n) is 3.25. The second kappa shape index (κ2) is 4.14. The Morgan fingerprint density at radius 3 is 2.56 bits per heavy atom. The lowest BCUT2D eigenvalue weighted by Gasteiger charge is -2.06. The van der Waals surface area contributed by atoms with E-state index in [1.165, 1.54) is 7.11 Å². The molecule has 0 aliphatic heterocycles. The molecule has 1 N–H and O–H groups in total. The number of phenols is 1. The number of ether oxygens (including phenoxy) is 1. The molecule has 0 saturated heterocycles. The van der Waals surface area contributed by atoms with Crippen molar-refractivity contribution >= 4 is 0 Å². The lowest BCUT2D eigenvalue weighted by Crippen LogP contribution is -2.00. The molecule has 2 aromatic rings. The topological polar surface area (TPSA) is 68.1 Å².